The van der Waals surface area contributed by atoms with Crippen LogP contribution >= 0.6 is 0 Å². The number of nitrogens with two attached hydrogens (primary N) is 1. The van der Waals surface area contributed by atoms with Gasteiger partial charge in [-0.25, -0.2) is 9.59 Å². The van der Waals surface area contributed by atoms with Gasteiger partial charge in [0.25, 0.3) is 0 Å². The average molecular weight is 758 g/mol. The first-order valence-electron chi connectivity index (χ1n) is 18.4. The number of nitrogens with one attached hydrogen (secondary N) is 2. The van der Waals surface area contributed by atoms with Gasteiger partial charge in [-0.1, -0.05) is 35.8 Å². The van der Waals surface area contributed by atoms with Crippen LogP contribution < -0.4 is 22.1 Å². The molecule has 1 aromatic heterocycles. The molecule has 1 unspecified atom stereocenters. The zero-order valence-electron chi connectivity index (χ0n) is 32.2. The molecule has 14 heteroatoms. The second kappa shape index (κ2) is 20.3. The van der Waals surface area contributed by atoms with E-state index >= 15 is 0 Å². The maximum atomic E-state index is 12.9. The van der Waals surface area contributed by atoms with Crippen molar-refractivity contribution < 1.29 is 38.1 Å². The molecule has 4 N–H and O–H groups in total. The van der Waals surface area contributed by atoms with Crippen LogP contribution in [-0.4, -0.2) is 77.1 Å². The predicted molar refractivity (Wildman–Crippen MR) is 206 cm³/mol. The highest BCUT2D eigenvalue weighted by Gasteiger charge is 2.31. The number of unbranched alkanes of at least 4 members (excludes halogenated alkanes) is 1. The summed E-state index contributed by atoms with van der Waals surface area (Å²) >= 11 is 0. The largest absolute Gasteiger partial charge is 0.444 e. The molecule has 3 atom stereocenters. The molecule has 3 aromatic rings. The third-order valence-electron chi connectivity index (χ3n) is 8.69. The Kier molecular flexibility index (Phi) is 15.6. The number of amides is 4. The summed E-state index contributed by atoms with van der Waals surface area (Å²) < 4.78 is 25.6. The Bertz CT molecular complexity index is 2000. The van der Waals surface area contributed by atoms with Gasteiger partial charge < -0.3 is 30.0 Å². The fourth-order valence-corrected chi connectivity index (χ4v) is 5.81. The van der Waals surface area contributed by atoms with E-state index in [1.54, 1.807) is 40.0 Å². The zero-order chi connectivity index (χ0) is 40.0. The summed E-state index contributed by atoms with van der Waals surface area (Å²) in [4.78, 5) is 60.6. The SMILES string of the molecule is C[C@@H](OCc1ccc(C#CCOCCCCOCC#Cc2ccc3c(c2)n(C)c(=O)n3C2CCC(=O)NC2=O)cc1)[C@H](CCC(N)=O)NC(=O)OC(C)(C)C. The fourth-order valence-electron chi connectivity index (χ4n) is 5.81. The van der Waals surface area contributed by atoms with E-state index in [0.717, 1.165) is 29.5 Å². The molecule has 0 aliphatic carbocycles. The molecule has 1 saturated heterocycles. The number of hydrogen-bond acceptors (Lipinski definition) is 9. The van der Waals surface area contributed by atoms with Crippen molar-refractivity contribution in [1.29, 1.82) is 0 Å². The molecule has 1 aliphatic heterocycles. The van der Waals surface area contributed by atoms with E-state index in [1.807, 2.05) is 37.3 Å². The van der Waals surface area contributed by atoms with Crippen LogP contribution in [0.1, 0.15) is 89.0 Å². The Labute approximate surface area is 321 Å². The van der Waals surface area contributed by atoms with Gasteiger partial charge in [-0.3, -0.25) is 28.8 Å². The molecule has 1 aliphatic rings. The van der Waals surface area contributed by atoms with Crippen molar-refractivity contribution in [3.63, 3.8) is 0 Å². The number of piperidine rings is 1. The van der Waals surface area contributed by atoms with Crippen LogP contribution in [-0.2, 0) is 47.0 Å². The second-order valence-electron chi connectivity index (χ2n) is 14.3. The van der Waals surface area contributed by atoms with E-state index in [-0.39, 0.29) is 37.5 Å². The normalized spacial score (nSPS) is 15.3. The van der Waals surface area contributed by atoms with E-state index in [1.165, 1.54) is 9.13 Å². The van der Waals surface area contributed by atoms with E-state index in [4.69, 9.17) is 24.7 Å². The first-order valence-corrected chi connectivity index (χ1v) is 18.4. The number of hydrogen-bond donors (Lipinski definition) is 3. The summed E-state index contributed by atoms with van der Waals surface area (Å²) in [6.45, 7) is 9.12. The fraction of sp³-hybridized carbons (Fsp3) is 0.488. The van der Waals surface area contributed by atoms with Crippen LogP contribution in [0.2, 0.25) is 0 Å². The molecule has 1 fully saturated rings. The number of rotatable bonds is 16. The minimum absolute atomic E-state index is 0.109. The van der Waals surface area contributed by atoms with Gasteiger partial charge in [0.15, 0.2) is 0 Å². The maximum absolute atomic E-state index is 12.9. The molecule has 0 saturated carbocycles. The molecular weight excluding hydrogens is 706 g/mol. The van der Waals surface area contributed by atoms with Crippen molar-refractivity contribution in [2.75, 3.05) is 26.4 Å². The number of aryl methyl sites for hydroxylation is 1. The number of carbonyl (C=O) groups is 4. The number of alkyl carbamates (subject to hydrolysis) is 1. The van der Waals surface area contributed by atoms with E-state index in [9.17, 15) is 24.0 Å². The number of aromatic nitrogens is 2. The van der Waals surface area contributed by atoms with Gasteiger partial charge in [0.2, 0.25) is 17.7 Å². The van der Waals surface area contributed by atoms with Gasteiger partial charge in [0.1, 0.15) is 24.9 Å². The molecule has 0 bridgehead atoms. The van der Waals surface area contributed by atoms with Gasteiger partial charge in [-0.15, -0.1) is 0 Å². The predicted octanol–water partition coefficient (Wildman–Crippen LogP) is 3.60. The summed E-state index contributed by atoms with van der Waals surface area (Å²) in [5, 5.41) is 5.11. The summed E-state index contributed by atoms with van der Waals surface area (Å²) in [5.41, 5.74) is 8.10. The Hall–Kier alpha value is -5.41. The molecule has 0 spiro atoms. The van der Waals surface area contributed by atoms with E-state index < -0.39 is 41.7 Å². The first-order chi connectivity index (χ1) is 26.2. The van der Waals surface area contributed by atoms with Crippen molar-refractivity contribution in [1.82, 2.24) is 19.8 Å². The van der Waals surface area contributed by atoms with Gasteiger partial charge in [0, 0.05) is 44.2 Å². The number of benzene rings is 2. The highest BCUT2D eigenvalue weighted by Crippen LogP contribution is 2.23. The molecule has 4 rings (SSSR count). The van der Waals surface area contributed by atoms with Crippen LogP contribution in [0.5, 0.6) is 0 Å². The number of fused-ring (bicyclic) bond motifs is 1. The highest BCUT2D eigenvalue weighted by atomic mass is 16.6. The minimum atomic E-state index is -0.730. The molecule has 294 valence electrons. The lowest BCUT2D eigenvalue weighted by atomic mass is 10.1. The monoisotopic (exact) mass is 757 g/mol. The standard InChI is InChI=1S/C41H51N5O9/c1-28(32(17-20-36(42)47)43-39(50)55-41(2,3)4)54-27-31-14-12-29(13-15-31)10-8-24-52-22-6-7-23-53-25-9-11-30-16-18-33-35(26-30)45(5)40(51)46(33)34-19-21-37(48)44-38(34)49/h12-16,18,26,28,32,34H,6-7,17,19-25,27H2,1-5H3,(H2,42,47)(H,43,50)(H,44,48,49)/t28-,32+,34?/m1/s1. The highest BCUT2D eigenvalue weighted by molar-refractivity contribution is 6.00. The quantitative estimate of drug-likeness (QED) is 0.112. The summed E-state index contributed by atoms with van der Waals surface area (Å²) in [5.74, 6) is 10.9. The summed E-state index contributed by atoms with van der Waals surface area (Å²) in [6, 6.07) is 11.9. The molecule has 2 heterocycles. The van der Waals surface area contributed by atoms with Crippen molar-refractivity contribution in [2.24, 2.45) is 12.8 Å². The molecular formula is C41H51N5O9. The van der Waals surface area contributed by atoms with Gasteiger partial charge in [-0.2, -0.15) is 0 Å². The number of imide groups is 1. The Morgan fingerprint density at radius 1 is 0.964 bits per heavy atom. The van der Waals surface area contributed by atoms with Crippen molar-refractivity contribution >= 4 is 34.8 Å². The van der Waals surface area contributed by atoms with Crippen LogP contribution in [0.25, 0.3) is 11.0 Å². The second-order valence-corrected chi connectivity index (χ2v) is 14.3. The van der Waals surface area contributed by atoms with Crippen LogP contribution in [0.3, 0.4) is 0 Å². The van der Waals surface area contributed by atoms with Gasteiger partial charge in [-0.05, 0) is 89.3 Å². The number of primary amides is 1. The number of imidazole rings is 1. The maximum Gasteiger partial charge on any atom is 0.407 e. The number of nitrogens with zero attached hydrogens (tertiary/aromatic N) is 2. The van der Waals surface area contributed by atoms with Crippen molar-refractivity contribution in [3.8, 4) is 23.7 Å². The lowest BCUT2D eigenvalue weighted by Gasteiger charge is -2.27. The lowest BCUT2D eigenvalue weighted by molar-refractivity contribution is -0.135. The Balaban J connectivity index is 1.11. The Morgan fingerprint density at radius 2 is 1.60 bits per heavy atom. The molecule has 0 radical (unpaired) electrons. The number of carbonyl (C=O) groups excluding carboxylic acids is 4. The average Bonchev–Trinajstić information content (AvgIpc) is 3.37. The van der Waals surface area contributed by atoms with E-state index in [0.29, 0.717) is 43.9 Å². The molecule has 14 nitrogen and oxygen atoms in total. The van der Waals surface area contributed by atoms with Gasteiger partial charge >= 0.3 is 11.8 Å². The summed E-state index contributed by atoms with van der Waals surface area (Å²) in [6.07, 6.45) is 1.55. The first kappa shape index (κ1) is 42.3. The topological polar surface area (TPSA) is 182 Å². The smallest absolute Gasteiger partial charge is 0.407 e. The van der Waals surface area contributed by atoms with E-state index in [2.05, 4.69) is 34.3 Å². The van der Waals surface area contributed by atoms with Crippen LogP contribution in [0, 0.1) is 23.7 Å². The third-order valence-corrected chi connectivity index (χ3v) is 8.69. The van der Waals surface area contributed by atoms with Crippen molar-refractivity contribution in [2.45, 2.75) is 96.6 Å². The molecule has 4 amide bonds. The minimum Gasteiger partial charge on any atom is -0.444 e. The molecule has 55 heavy (non-hydrogen) atoms. The van der Waals surface area contributed by atoms with Crippen LogP contribution in [0.4, 0.5) is 4.79 Å². The van der Waals surface area contributed by atoms with Gasteiger partial charge in [0.05, 0.1) is 29.8 Å². The van der Waals surface area contributed by atoms with Crippen molar-refractivity contribution in [3.05, 3.63) is 69.6 Å². The Morgan fingerprint density at radius 3 is 2.22 bits per heavy atom. The number of ether oxygens (including phenoxy) is 4. The third kappa shape index (κ3) is 13.4. The van der Waals surface area contributed by atoms with Crippen LogP contribution in [0.15, 0.2) is 47.3 Å². The lowest BCUT2D eigenvalue weighted by Crippen LogP contribution is -2.45. The molecule has 2 aromatic carbocycles. The summed E-state index contributed by atoms with van der Waals surface area (Å²) in [7, 11) is 1.65. The zero-order valence-corrected chi connectivity index (χ0v) is 32.2.